The molecule has 0 aliphatic heterocycles. The van der Waals surface area contributed by atoms with E-state index in [-0.39, 0.29) is 23.5 Å². The van der Waals surface area contributed by atoms with Gasteiger partial charge in [0.25, 0.3) is 5.56 Å². The van der Waals surface area contributed by atoms with Crippen LogP contribution in [0.4, 0.5) is 0 Å². The number of methoxy groups -OCH3 is 1. The number of ether oxygens (including phenoxy) is 2. The first-order valence-electron chi connectivity index (χ1n) is 10.6. The molecule has 9 nitrogen and oxygen atoms in total. The van der Waals surface area contributed by atoms with Gasteiger partial charge in [-0.15, -0.1) is 0 Å². The van der Waals surface area contributed by atoms with Gasteiger partial charge in [0.1, 0.15) is 23.6 Å². The molecule has 0 unspecified atom stereocenters. The number of aryl methyl sites for hydroxylation is 1. The van der Waals surface area contributed by atoms with Gasteiger partial charge in [0.05, 0.1) is 24.5 Å². The Bertz CT molecular complexity index is 1090. The average molecular weight is 428 g/mol. The molecule has 0 saturated heterocycles. The maximum absolute atomic E-state index is 12.8. The highest BCUT2D eigenvalue weighted by Crippen LogP contribution is 2.28. The fourth-order valence-corrected chi connectivity index (χ4v) is 3.29. The van der Waals surface area contributed by atoms with E-state index in [2.05, 4.69) is 15.4 Å². The van der Waals surface area contributed by atoms with E-state index in [1.807, 2.05) is 38.1 Å². The van der Waals surface area contributed by atoms with Gasteiger partial charge in [0.2, 0.25) is 5.91 Å². The van der Waals surface area contributed by atoms with Crippen LogP contribution in [0.5, 0.6) is 5.75 Å². The molecule has 2 heterocycles. The Morgan fingerprint density at radius 1 is 1.16 bits per heavy atom. The monoisotopic (exact) mass is 427 g/mol. The highest BCUT2D eigenvalue weighted by Gasteiger charge is 2.19. The maximum Gasteiger partial charge on any atom is 0.279 e. The Hall–Kier alpha value is -3.20. The van der Waals surface area contributed by atoms with Gasteiger partial charge in [0, 0.05) is 13.7 Å². The van der Waals surface area contributed by atoms with E-state index in [1.165, 1.54) is 0 Å². The van der Waals surface area contributed by atoms with Crippen molar-refractivity contribution in [2.45, 2.75) is 39.7 Å². The minimum Gasteiger partial charge on any atom is -0.493 e. The van der Waals surface area contributed by atoms with Gasteiger partial charge in [-0.3, -0.25) is 14.3 Å². The van der Waals surface area contributed by atoms with E-state index in [0.717, 1.165) is 18.5 Å². The number of hydrogen-bond acceptors (Lipinski definition) is 6. The number of carbonyl (C=O) groups excluding carboxylic acids is 1. The van der Waals surface area contributed by atoms with Crippen LogP contribution >= 0.6 is 0 Å². The fraction of sp³-hybridized carbons (Fsp3) is 0.455. The predicted octanol–water partition coefficient (Wildman–Crippen LogP) is 2.29. The Morgan fingerprint density at radius 3 is 2.71 bits per heavy atom. The first-order chi connectivity index (χ1) is 15.1. The summed E-state index contributed by atoms with van der Waals surface area (Å²) < 4.78 is 12.4. The molecule has 0 aliphatic carbocycles. The van der Waals surface area contributed by atoms with Crippen LogP contribution in [0.1, 0.15) is 32.4 Å². The van der Waals surface area contributed by atoms with Crippen LogP contribution in [0.15, 0.2) is 29.1 Å². The first-order valence-corrected chi connectivity index (χ1v) is 10.6. The van der Waals surface area contributed by atoms with Crippen molar-refractivity contribution in [1.29, 1.82) is 0 Å². The van der Waals surface area contributed by atoms with Crippen LogP contribution in [-0.4, -0.2) is 52.5 Å². The van der Waals surface area contributed by atoms with Crippen molar-refractivity contribution >= 4 is 16.9 Å². The van der Waals surface area contributed by atoms with Gasteiger partial charge in [-0.25, -0.2) is 4.98 Å². The molecule has 0 radical (unpaired) electrons. The van der Waals surface area contributed by atoms with E-state index < -0.39 is 0 Å². The number of hydrogen-bond donors (Lipinski definition) is 2. The zero-order valence-corrected chi connectivity index (χ0v) is 18.2. The molecule has 1 aromatic carbocycles. The van der Waals surface area contributed by atoms with Crippen LogP contribution in [0.3, 0.4) is 0 Å². The maximum atomic E-state index is 12.8. The second-order valence-corrected chi connectivity index (χ2v) is 7.15. The molecule has 2 aromatic heterocycles. The third kappa shape index (κ3) is 5.29. The summed E-state index contributed by atoms with van der Waals surface area (Å²) in [5.41, 5.74) is 1.86. The van der Waals surface area contributed by atoms with Crippen molar-refractivity contribution in [2.24, 2.45) is 0 Å². The Balaban J connectivity index is 2.02. The molecule has 0 fully saturated rings. The minimum atomic E-state index is -0.346. The highest BCUT2D eigenvalue weighted by molar-refractivity contribution is 5.81. The van der Waals surface area contributed by atoms with Crippen molar-refractivity contribution in [2.75, 3.05) is 26.9 Å². The number of H-pyrrole nitrogens is 1. The lowest BCUT2D eigenvalue weighted by molar-refractivity contribution is -0.122. The number of aromatic nitrogens is 4. The fourth-order valence-electron chi connectivity index (χ4n) is 3.29. The molecule has 9 heteroatoms. The minimum absolute atomic E-state index is 0.0143. The normalized spacial score (nSPS) is 11.1. The summed E-state index contributed by atoms with van der Waals surface area (Å²) in [7, 11) is 1.58. The molecule has 0 saturated carbocycles. The smallest absolute Gasteiger partial charge is 0.279 e. The number of amides is 1. The lowest BCUT2D eigenvalue weighted by Crippen LogP contribution is -2.31. The van der Waals surface area contributed by atoms with Crippen molar-refractivity contribution in [1.82, 2.24) is 25.1 Å². The van der Waals surface area contributed by atoms with Gasteiger partial charge in [0.15, 0.2) is 5.52 Å². The summed E-state index contributed by atoms with van der Waals surface area (Å²) in [6.07, 6.45) is 2.34. The van der Waals surface area contributed by atoms with Gasteiger partial charge in [-0.05, 0) is 25.0 Å². The average Bonchev–Trinajstić information content (AvgIpc) is 3.10. The summed E-state index contributed by atoms with van der Waals surface area (Å²) in [5.74, 6) is 0.886. The molecule has 3 rings (SSSR count). The molecule has 3 aromatic rings. The van der Waals surface area contributed by atoms with Gasteiger partial charge < -0.3 is 19.8 Å². The SMILES string of the molecule is CCCOc1ccccc1-c1nc2c(CCC)n(CC(=O)NCCOC)nc2c(=O)[nH]1. The van der Waals surface area contributed by atoms with E-state index >= 15 is 0 Å². The lowest BCUT2D eigenvalue weighted by Gasteiger charge is -2.10. The highest BCUT2D eigenvalue weighted by atomic mass is 16.5. The van der Waals surface area contributed by atoms with Gasteiger partial charge in [-0.1, -0.05) is 32.4 Å². The summed E-state index contributed by atoms with van der Waals surface area (Å²) in [4.78, 5) is 32.7. The van der Waals surface area contributed by atoms with E-state index in [4.69, 9.17) is 14.5 Å². The van der Waals surface area contributed by atoms with Gasteiger partial charge >= 0.3 is 0 Å². The molecule has 0 bridgehead atoms. The summed E-state index contributed by atoms with van der Waals surface area (Å²) in [6, 6.07) is 7.48. The number of nitrogens with zero attached hydrogens (tertiary/aromatic N) is 3. The van der Waals surface area contributed by atoms with Gasteiger partial charge in [-0.2, -0.15) is 5.10 Å². The molecule has 0 aliphatic rings. The molecule has 0 spiro atoms. The zero-order valence-electron chi connectivity index (χ0n) is 18.2. The standard InChI is InChI=1S/C22H29N5O4/c1-4-8-16-19-20(26-27(16)14-18(28)23-11-13-30-3)22(29)25-21(24-19)15-9-6-7-10-17(15)31-12-5-2/h6-7,9-10H,4-5,8,11-14H2,1-3H3,(H,23,28)(H,24,25,29). The number of nitrogens with one attached hydrogen (secondary N) is 2. The molecule has 31 heavy (non-hydrogen) atoms. The number of carbonyl (C=O) groups is 1. The molecular weight excluding hydrogens is 398 g/mol. The van der Waals surface area contributed by atoms with E-state index in [0.29, 0.717) is 48.8 Å². The quantitative estimate of drug-likeness (QED) is 0.454. The Morgan fingerprint density at radius 2 is 1.97 bits per heavy atom. The van der Waals surface area contributed by atoms with Crippen LogP contribution in [-0.2, 0) is 22.5 Å². The predicted molar refractivity (Wildman–Crippen MR) is 118 cm³/mol. The number of fused-ring (bicyclic) bond motifs is 1. The zero-order chi connectivity index (χ0) is 22.2. The van der Waals surface area contributed by atoms with Crippen molar-refractivity contribution in [3.8, 4) is 17.1 Å². The Kier molecular flexibility index (Phi) is 7.77. The topological polar surface area (TPSA) is 111 Å². The molecule has 1 amide bonds. The summed E-state index contributed by atoms with van der Waals surface area (Å²) >= 11 is 0. The number of para-hydroxylation sites is 1. The second kappa shape index (κ2) is 10.7. The van der Waals surface area contributed by atoms with Crippen LogP contribution in [0.25, 0.3) is 22.4 Å². The molecule has 2 N–H and O–H groups in total. The largest absolute Gasteiger partial charge is 0.493 e. The van der Waals surface area contributed by atoms with Crippen molar-refractivity contribution in [3.63, 3.8) is 0 Å². The Labute approximate surface area is 180 Å². The molecular formula is C22H29N5O4. The third-order valence-electron chi connectivity index (χ3n) is 4.71. The molecule has 166 valence electrons. The van der Waals surface area contributed by atoms with Crippen LogP contribution < -0.4 is 15.6 Å². The lowest BCUT2D eigenvalue weighted by atomic mass is 10.1. The van der Waals surface area contributed by atoms with Crippen molar-refractivity contribution < 1.29 is 14.3 Å². The summed E-state index contributed by atoms with van der Waals surface area (Å²) in [5, 5.41) is 7.17. The number of aromatic amines is 1. The van der Waals surface area contributed by atoms with Crippen LogP contribution in [0.2, 0.25) is 0 Å². The van der Waals surface area contributed by atoms with Crippen molar-refractivity contribution in [3.05, 3.63) is 40.3 Å². The van der Waals surface area contributed by atoms with Crippen LogP contribution in [0, 0.1) is 0 Å². The first kappa shape index (κ1) is 22.5. The van der Waals surface area contributed by atoms with E-state index in [9.17, 15) is 9.59 Å². The number of rotatable bonds is 11. The van der Waals surface area contributed by atoms with E-state index in [1.54, 1.807) is 11.8 Å². The summed E-state index contributed by atoms with van der Waals surface area (Å²) in [6.45, 7) is 5.49. The molecule has 0 atom stereocenters. The second-order valence-electron chi connectivity index (χ2n) is 7.15. The number of benzene rings is 1. The third-order valence-corrected chi connectivity index (χ3v) is 4.71.